The fourth-order valence-electron chi connectivity index (χ4n) is 1.51. The Morgan fingerprint density at radius 2 is 1.57 bits per heavy atom. The first kappa shape index (κ1) is 16.9. The van der Waals surface area contributed by atoms with E-state index in [4.69, 9.17) is 9.47 Å². The van der Waals surface area contributed by atoms with Crippen LogP contribution in [0.4, 0.5) is 0 Å². The maximum absolute atomic E-state index is 11.9. The second-order valence-corrected chi connectivity index (χ2v) is 3.91. The van der Waals surface area contributed by atoms with E-state index in [1.807, 2.05) is 13.8 Å². The maximum atomic E-state index is 11.9. The first-order chi connectivity index (χ1) is 10.1. The molecule has 0 aliphatic carbocycles. The molecule has 0 aromatic heterocycles. The molecule has 0 amide bonds. The monoisotopic (exact) mass is 290 g/mol. The van der Waals surface area contributed by atoms with Gasteiger partial charge in [0.15, 0.2) is 0 Å². The minimum atomic E-state index is -0.710. The van der Waals surface area contributed by atoms with E-state index in [-0.39, 0.29) is 5.78 Å². The Labute approximate surface area is 124 Å². The molecule has 0 fully saturated rings. The molecule has 0 saturated carbocycles. The van der Waals surface area contributed by atoms with Crippen molar-refractivity contribution >= 4 is 11.8 Å². The second-order valence-electron chi connectivity index (χ2n) is 3.91. The molecule has 21 heavy (non-hydrogen) atoms. The Hall–Kier alpha value is -2.16. The highest BCUT2D eigenvalue weighted by Crippen LogP contribution is 2.06. The van der Waals surface area contributed by atoms with E-state index < -0.39 is 12.3 Å². The number of methoxy groups -OCH3 is 1. The van der Waals surface area contributed by atoms with E-state index in [0.29, 0.717) is 24.3 Å². The summed E-state index contributed by atoms with van der Waals surface area (Å²) >= 11 is 0. The highest BCUT2D eigenvalue weighted by molar-refractivity contribution is 6.09. The molecule has 0 bridgehead atoms. The standard InChI is InChI=1S/C16H18O5/c1-4-20-15(21-5-2)11-10-14(17)12-6-8-13(9-7-12)16(18)19-3/h6-9,15H,4-5H2,1-3H3. The smallest absolute Gasteiger partial charge is 0.337 e. The molecule has 5 heteroatoms. The van der Waals surface area contributed by atoms with Gasteiger partial charge in [0.2, 0.25) is 12.1 Å². The predicted molar refractivity (Wildman–Crippen MR) is 76.9 cm³/mol. The van der Waals surface area contributed by atoms with Gasteiger partial charge in [0.25, 0.3) is 0 Å². The average Bonchev–Trinajstić information content (AvgIpc) is 2.52. The molecule has 0 atom stereocenters. The third kappa shape index (κ3) is 5.38. The fourth-order valence-corrected chi connectivity index (χ4v) is 1.51. The van der Waals surface area contributed by atoms with Crippen molar-refractivity contribution < 1.29 is 23.8 Å². The quantitative estimate of drug-likeness (QED) is 0.264. The van der Waals surface area contributed by atoms with Gasteiger partial charge in [-0.15, -0.1) is 0 Å². The van der Waals surface area contributed by atoms with Gasteiger partial charge in [-0.05, 0) is 50.0 Å². The molecule has 112 valence electrons. The van der Waals surface area contributed by atoms with Gasteiger partial charge in [0.05, 0.1) is 12.7 Å². The first-order valence-electron chi connectivity index (χ1n) is 6.59. The summed E-state index contributed by atoms with van der Waals surface area (Å²) in [5, 5.41) is 0. The molecule has 0 saturated heterocycles. The Morgan fingerprint density at radius 3 is 2.05 bits per heavy atom. The lowest BCUT2D eigenvalue weighted by Crippen LogP contribution is -2.15. The third-order valence-electron chi connectivity index (χ3n) is 2.51. The van der Waals surface area contributed by atoms with Gasteiger partial charge < -0.3 is 14.2 Å². The lowest BCUT2D eigenvalue weighted by molar-refractivity contribution is -0.0970. The first-order valence-corrected chi connectivity index (χ1v) is 6.59. The summed E-state index contributed by atoms with van der Waals surface area (Å²) in [4.78, 5) is 23.2. The predicted octanol–water partition coefficient (Wildman–Crippen LogP) is 2.06. The van der Waals surface area contributed by atoms with Crippen LogP contribution < -0.4 is 0 Å². The summed E-state index contributed by atoms with van der Waals surface area (Å²) < 4.78 is 15.0. The van der Waals surface area contributed by atoms with Crippen molar-refractivity contribution in [3.63, 3.8) is 0 Å². The Morgan fingerprint density at radius 1 is 1.05 bits per heavy atom. The van der Waals surface area contributed by atoms with Crippen LogP contribution in [-0.2, 0) is 14.2 Å². The van der Waals surface area contributed by atoms with Crippen LogP contribution in [0.3, 0.4) is 0 Å². The van der Waals surface area contributed by atoms with Gasteiger partial charge in [0.1, 0.15) is 0 Å². The lowest BCUT2D eigenvalue weighted by Gasteiger charge is -2.09. The van der Waals surface area contributed by atoms with Gasteiger partial charge in [-0.3, -0.25) is 4.79 Å². The molecule has 0 spiro atoms. The molecule has 1 aromatic rings. The van der Waals surface area contributed by atoms with Crippen molar-refractivity contribution in [2.75, 3.05) is 20.3 Å². The molecule has 0 radical (unpaired) electrons. The van der Waals surface area contributed by atoms with Crippen LogP contribution in [0.1, 0.15) is 34.6 Å². The number of ether oxygens (including phenoxy) is 3. The average molecular weight is 290 g/mol. The number of Topliss-reactive ketones (excluding diaryl/α,β-unsaturated/α-hetero) is 1. The molecule has 0 N–H and O–H groups in total. The number of esters is 1. The van der Waals surface area contributed by atoms with Gasteiger partial charge >= 0.3 is 5.97 Å². The van der Waals surface area contributed by atoms with Crippen molar-refractivity contribution in [3.05, 3.63) is 35.4 Å². The number of carbonyl (C=O) groups is 2. The van der Waals surface area contributed by atoms with Crippen LogP contribution in [0.2, 0.25) is 0 Å². The van der Waals surface area contributed by atoms with Crippen molar-refractivity contribution in [1.29, 1.82) is 0 Å². The lowest BCUT2D eigenvalue weighted by atomic mass is 10.1. The van der Waals surface area contributed by atoms with Crippen LogP contribution in [0, 0.1) is 11.8 Å². The molecular formula is C16H18O5. The number of hydrogen-bond acceptors (Lipinski definition) is 5. The largest absolute Gasteiger partial charge is 0.465 e. The highest BCUT2D eigenvalue weighted by atomic mass is 16.7. The zero-order chi connectivity index (χ0) is 15.7. The second kappa shape index (κ2) is 8.90. The van der Waals surface area contributed by atoms with Gasteiger partial charge in [-0.1, -0.05) is 0 Å². The van der Waals surface area contributed by atoms with Gasteiger partial charge in [0, 0.05) is 18.8 Å². The van der Waals surface area contributed by atoms with Gasteiger partial charge in [-0.2, -0.15) is 0 Å². The minimum Gasteiger partial charge on any atom is -0.465 e. The summed E-state index contributed by atoms with van der Waals surface area (Å²) in [6.07, 6.45) is -0.710. The number of rotatable bonds is 6. The zero-order valence-corrected chi connectivity index (χ0v) is 12.3. The Bertz CT molecular complexity index is 530. The summed E-state index contributed by atoms with van der Waals surface area (Å²) in [6, 6.07) is 6.09. The number of carbonyl (C=O) groups excluding carboxylic acids is 2. The molecule has 0 aliphatic heterocycles. The van der Waals surface area contributed by atoms with E-state index in [1.165, 1.54) is 31.4 Å². The molecule has 5 nitrogen and oxygen atoms in total. The van der Waals surface area contributed by atoms with Gasteiger partial charge in [-0.25, -0.2) is 4.79 Å². The van der Waals surface area contributed by atoms with Crippen molar-refractivity contribution in [2.24, 2.45) is 0 Å². The minimum absolute atomic E-state index is 0.365. The summed E-state index contributed by atoms with van der Waals surface area (Å²) in [7, 11) is 1.30. The zero-order valence-electron chi connectivity index (χ0n) is 12.3. The molecular weight excluding hydrogens is 272 g/mol. The normalized spacial score (nSPS) is 9.90. The molecule has 1 rings (SSSR count). The molecule has 0 unspecified atom stereocenters. The van der Waals surface area contributed by atoms with E-state index >= 15 is 0 Å². The SMILES string of the molecule is CCOC(C#CC(=O)c1ccc(C(=O)OC)cc1)OCC. The molecule has 1 aromatic carbocycles. The van der Waals surface area contributed by atoms with Crippen molar-refractivity contribution in [1.82, 2.24) is 0 Å². The van der Waals surface area contributed by atoms with E-state index in [2.05, 4.69) is 16.6 Å². The maximum Gasteiger partial charge on any atom is 0.337 e. The van der Waals surface area contributed by atoms with Crippen molar-refractivity contribution in [3.8, 4) is 11.8 Å². The van der Waals surface area contributed by atoms with Crippen LogP contribution in [0.15, 0.2) is 24.3 Å². The van der Waals surface area contributed by atoms with Crippen molar-refractivity contribution in [2.45, 2.75) is 20.1 Å². The topological polar surface area (TPSA) is 61.8 Å². The summed E-state index contributed by atoms with van der Waals surface area (Å²) in [5.74, 6) is 4.29. The van der Waals surface area contributed by atoms with E-state index in [9.17, 15) is 9.59 Å². The van der Waals surface area contributed by atoms with Crippen LogP contribution in [0.5, 0.6) is 0 Å². The number of ketones is 1. The highest BCUT2D eigenvalue weighted by Gasteiger charge is 2.08. The molecule has 0 aliphatic rings. The van der Waals surface area contributed by atoms with E-state index in [0.717, 1.165) is 0 Å². The number of hydrogen-bond donors (Lipinski definition) is 0. The summed E-state index contributed by atoms with van der Waals surface area (Å²) in [6.45, 7) is 4.53. The van der Waals surface area contributed by atoms with Crippen LogP contribution in [0.25, 0.3) is 0 Å². The Balaban J connectivity index is 2.77. The fraction of sp³-hybridized carbons (Fsp3) is 0.375. The Kier molecular flexibility index (Phi) is 7.16. The molecule has 0 heterocycles. The van der Waals surface area contributed by atoms with Crippen LogP contribution in [-0.4, -0.2) is 38.4 Å². The summed E-state index contributed by atoms with van der Waals surface area (Å²) in [5.41, 5.74) is 0.769. The third-order valence-corrected chi connectivity index (χ3v) is 2.51. The van der Waals surface area contributed by atoms with Crippen LogP contribution >= 0.6 is 0 Å². The van der Waals surface area contributed by atoms with E-state index in [1.54, 1.807) is 0 Å². The number of benzene rings is 1.